The summed E-state index contributed by atoms with van der Waals surface area (Å²) in [5, 5.41) is 17.4. The molecule has 188 valence electrons. The van der Waals surface area contributed by atoms with Crippen LogP contribution in [0.3, 0.4) is 0 Å². The summed E-state index contributed by atoms with van der Waals surface area (Å²) in [5.41, 5.74) is 5.65. The fraction of sp³-hybridized carbons (Fsp3) is 0.179. The molecule has 0 saturated heterocycles. The number of carbonyl (C=O) groups excluding carboxylic acids is 1. The number of rotatable bonds is 7. The van der Waals surface area contributed by atoms with Gasteiger partial charge in [-0.2, -0.15) is 5.10 Å². The Balaban J connectivity index is 1.51. The van der Waals surface area contributed by atoms with Gasteiger partial charge in [0.1, 0.15) is 5.82 Å². The number of hydrogen-bond donors (Lipinski definition) is 2. The topological polar surface area (TPSA) is 84.2 Å². The Labute approximate surface area is 222 Å². The number of nitrogens with zero attached hydrogens (tertiary/aromatic N) is 2. The van der Waals surface area contributed by atoms with Crippen molar-refractivity contribution in [3.05, 3.63) is 99.3 Å². The first-order valence-corrected chi connectivity index (χ1v) is 12.5. The highest BCUT2D eigenvalue weighted by atomic mass is 35.5. The van der Waals surface area contributed by atoms with Gasteiger partial charge in [-0.3, -0.25) is 14.3 Å². The van der Waals surface area contributed by atoms with Crippen molar-refractivity contribution >= 4 is 35.1 Å². The third kappa shape index (κ3) is 5.38. The Morgan fingerprint density at radius 1 is 1.00 bits per heavy atom. The molecule has 0 fully saturated rings. The Bertz CT molecular complexity index is 1480. The molecular formula is C28H22Cl2FN3O3. The molecule has 2 N–H and O–H groups in total. The quantitative estimate of drug-likeness (QED) is 0.285. The summed E-state index contributed by atoms with van der Waals surface area (Å²) in [7, 11) is 0. The van der Waals surface area contributed by atoms with Crippen LogP contribution in [0.1, 0.15) is 40.4 Å². The van der Waals surface area contributed by atoms with E-state index in [0.29, 0.717) is 21.3 Å². The summed E-state index contributed by atoms with van der Waals surface area (Å²) in [4.78, 5) is 23.2. The SMILES string of the molecule is O=C(O)CCNC(=O)c1ccc2c(c1)CCC2n1nc(-c2cc(Cl)cc(Cl)c2)cc1-c1ccc(F)cc1. The van der Waals surface area contributed by atoms with Crippen molar-refractivity contribution in [2.45, 2.75) is 25.3 Å². The summed E-state index contributed by atoms with van der Waals surface area (Å²) in [6.45, 7) is 0.0679. The smallest absolute Gasteiger partial charge is 0.305 e. The van der Waals surface area contributed by atoms with Gasteiger partial charge < -0.3 is 10.4 Å². The maximum atomic E-state index is 13.7. The molecular weight excluding hydrogens is 516 g/mol. The fourth-order valence-corrected chi connectivity index (χ4v) is 5.21. The first-order valence-electron chi connectivity index (χ1n) is 11.7. The van der Waals surface area contributed by atoms with Crippen LogP contribution < -0.4 is 5.32 Å². The molecule has 6 nitrogen and oxygen atoms in total. The number of carboxylic acids is 1. The van der Waals surface area contributed by atoms with Crippen LogP contribution in [0, 0.1) is 5.82 Å². The van der Waals surface area contributed by atoms with Gasteiger partial charge in [-0.05, 0) is 84.6 Å². The molecule has 0 saturated carbocycles. The molecule has 1 unspecified atom stereocenters. The van der Waals surface area contributed by atoms with Crippen LogP contribution in [0.4, 0.5) is 4.39 Å². The molecule has 1 aromatic heterocycles. The molecule has 1 aliphatic carbocycles. The number of aromatic nitrogens is 2. The number of nitrogens with one attached hydrogen (secondary N) is 1. The number of aryl methyl sites for hydroxylation is 1. The van der Waals surface area contributed by atoms with E-state index < -0.39 is 5.97 Å². The van der Waals surface area contributed by atoms with E-state index in [1.165, 1.54) is 12.1 Å². The lowest BCUT2D eigenvalue weighted by Crippen LogP contribution is -2.26. The van der Waals surface area contributed by atoms with Crippen molar-refractivity contribution < 1.29 is 19.1 Å². The molecule has 0 aliphatic heterocycles. The van der Waals surface area contributed by atoms with Crippen LogP contribution >= 0.6 is 23.2 Å². The van der Waals surface area contributed by atoms with Gasteiger partial charge in [0.15, 0.2) is 0 Å². The standard InChI is InChI=1S/C28H22Cl2FN3O3/c29-20-12-19(13-21(30)14-20)24-15-26(16-1-5-22(31)6-2-16)34(33-24)25-8-4-17-11-18(3-7-23(17)25)28(37)32-10-9-27(35)36/h1-3,5-7,11-15,25H,4,8-10H2,(H,32,37)(H,35,36). The molecule has 0 spiro atoms. The molecule has 1 aliphatic rings. The molecule has 0 bridgehead atoms. The normalized spacial score (nSPS) is 14.4. The summed E-state index contributed by atoms with van der Waals surface area (Å²) in [6.07, 6.45) is 1.38. The predicted molar refractivity (Wildman–Crippen MR) is 141 cm³/mol. The lowest BCUT2D eigenvalue weighted by Gasteiger charge is -2.17. The number of fused-ring (bicyclic) bond motifs is 1. The number of carbonyl (C=O) groups is 2. The minimum atomic E-state index is -0.965. The molecule has 4 aromatic rings. The number of carboxylic acid groups (broad SMARTS) is 1. The first-order chi connectivity index (χ1) is 17.8. The molecule has 0 radical (unpaired) electrons. The minimum absolute atomic E-state index is 0.0679. The molecule has 1 heterocycles. The van der Waals surface area contributed by atoms with Crippen LogP contribution in [0.25, 0.3) is 22.5 Å². The van der Waals surface area contributed by atoms with E-state index >= 15 is 0 Å². The molecule has 1 amide bonds. The van der Waals surface area contributed by atoms with E-state index in [9.17, 15) is 14.0 Å². The lowest BCUT2D eigenvalue weighted by molar-refractivity contribution is -0.136. The summed E-state index contributed by atoms with van der Waals surface area (Å²) in [6, 6.07) is 18.9. The van der Waals surface area contributed by atoms with Gasteiger partial charge >= 0.3 is 5.97 Å². The molecule has 3 aromatic carbocycles. The molecule has 37 heavy (non-hydrogen) atoms. The van der Waals surface area contributed by atoms with Crippen LogP contribution in [0.2, 0.25) is 10.0 Å². The van der Waals surface area contributed by atoms with Gasteiger partial charge in [-0.25, -0.2) is 4.39 Å². The molecule has 9 heteroatoms. The zero-order valence-electron chi connectivity index (χ0n) is 19.5. The molecule has 1 atom stereocenters. The average molecular weight is 538 g/mol. The van der Waals surface area contributed by atoms with Crippen LogP contribution in [0.15, 0.2) is 66.7 Å². The second-order valence-corrected chi connectivity index (χ2v) is 9.76. The zero-order chi connectivity index (χ0) is 26.1. The van der Waals surface area contributed by atoms with Crippen molar-refractivity contribution in [3.63, 3.8) is 0 Å². The van der Waals surface area contributed by atoms with Crippen molar-refractivity contribution in [2.75, 3.05) is 6.54 Å². The van der Waals surface area contributed by atoms with E-state index in [1.54, 1.807) is 36.4 Å². The van der Waals surface area contributed by atoms with Gasteiger partial charge in [0, 0.05) is 33.3 Å². The highest BCUT2D eigenvalue weighted by Crippen LogP contribution is 2.39. The highest BCUT2D eigenvalue weighted by Gasteiger charge is 2.28. The minimum Gasteiger partial charge on any atom is -0.481 e. The fourth-order valence-electron chi connectivity index (χ4n) is 4.69. The monoisotopic (exact) mass is 537 g/mol. The Morgan fingerprint density at radius 2 is 1.73 bits per heavy atom. The summed E-state index contributed by atoms with van der Waals surface area (Å²) in [5.74, 6) is -1.59. The Kier molecular flexibility index (Phi) is 7.00. The Hall–Kier alpha value is -3.68. The van der Waals surface area contributed by atoms with Gasteiger partial charge in [0.2, 0.25) is 0 Å². The number of halogens is 3. The van der Waals surface area contributed by atoms with E-state index in [2.05, 4.69) is 5.32 Å². The summed E-state index contributed by atoms with van der Waals surface area (Å²) >= 11 is 12.5. The van der Waals surface area contributed by atoms with E-state index in [0.717, 1.165) is 40.8 Å². The van der Waals surface area contributed by atoms with E-state index in [1.807, 2.05) is 22.9 Å². The van der Waals surface area contributed by atoms with Crippen molar-refractivity contribution in [2.24, 2.45) is 0 Å². The van der Waals surface area contributed by atoms with Gasteiger partial charge in [0.25, 0.3) is 5.91 Å². The van der Waals surface area contributed by atoms with Crippen molar-refractivity contribution in [3.8, 4) is 22.5 Å². The largest absolute Gasteiger partial charge is 0.481 e. The average Bonchev–Trinajstić information content (AvgIpc) is 3.47. The number of amides is 1. The number of hydrogen-bond acceptors (Lipinski definition) is 3. The van der Waals surface area contributed by atoms with Crippen LogP contribution in [-0.4, -0.2) is 33.3 Å². The van der Waals surface area contributed by atoms with Crippen molar-refractivity contribution in [1.29, 1.82) is 0 Å². The number of aliphatic carboxylic acids is 1. The van der Waals surface area contributed by atoms with Crippen molar-refractivity contribution in [1.82, 2.24) is 15.1 Å². The van der Waals surface area contributed by atoms with Crippen LogP contribution in [-0.2, 0) is 11.2 Å². The van der Waals surface area contributed by atoms with E-state index in [-0.39, 0.29) is 30.7 Å². The maximum absolute atomic E-state index is 13.7. The second-order valence-electron chi connectivity index (χ2n) is 8.89. The zero-order valence-corrected chi connectivity index (χ0v) is 21.1. The second kappa shape index (κ2) is 10.4. The third-order valence-corrected chi connectivity index (χ3v) is 6.84. The van der Waals surface area contributed by atoms with Gasteiger partial charge in [-0.1, -0.05) is 29.3 Å². The lowest BCUT2D eigenvalue weighted by atomic mass is 10.0. The summed E-state index contributed by atoms with van der Waals surface area (Å²) < 4.78 is 15.6. The van der Waals surface area contributed by atoms with Crippen LogP contribution in [0.5, 0.6) is 0 Å². The third-order valence-electron chi connectivity index (χ3n) is 6.40. The predicted octanol–water partition coefficient (Wildman–Crippen LogP) is 6.40. The van der Waals surface area contributed by atoms with E-state index in [4.69, 9.17) is 33.4 Å². The van der Waals surface area contributed by atoms with Gasteiger partial charge in [-0.15, -0.1) is 0 Å². The maximum Gasteiger partial charge on any atom is 0.305 e. The van der Waals surface area contributed by atoms with Gasteiger partial charge in [0.05, 0.1) is 23.9 Å². The highest BCUT2D eigenvalue weighted by molar-refractivity contribution is 6.35. The number of benzene rings is 3. The molecule has 5 rings (SSSR count). The Morgan fingerprint density at radius 3 is 2.43 bits per heavy atom. The first kappa shape index (κ1) is 25.0.